The Balaban J connectivity index is 2.65. The molecule has 0 radical (unpaired) electrons. The molecule has 0 aromatic heterocycles. The van der Waals surface area contributed by atoms with Gasteiger partial charge in [-0.05, 0) is 0 Å². The van der Waals surface area contributed by atoms with Gasteiger partial charge in [0.25, 0.3) is 5.66 Å². The molecule has 1 N–H and O–H groups in total. The maximum absolute atomic E-state index is 12.3. The molecule has 100 valence electrons. The summed E-state index contributed by atoms with van der Waals surface area (Å²) in [5, 5.41) is -0.0596. The Bertz CT molecular complexity index is 298. The molecule has 1 saturated heterocycles. The summed E-state index contributed by atoms with van der Waals surface area (Å²) in [4.78, 5) is 10.3. The number of ether oxygens (including phenoxy) is 1. The van der Waals surface area contributed by atoms with Gasteiger partial charge in [-0.2, -0.15) is 26.3 Å². The highest BCUT2D eigenvalue weighted by Gasteiger charge is 2.83. The molecule has 0 amide bonds. The van der Waals surface area contributed by atoms with Crippen LogP contribution in [0.15, 0.2) is 0 Å². The second-order valence-electron chi connectivity index (χ2n) is 3.31. The molecule has 1 atom stereocenters. The van der Waals surface area contributed by atoms with Gasteiger partial charge in [0.1, 0.15) is 6.61 Å². The summed E-state index contributed by atoms with van der Waals surface area (Å²) in [6.07, 6.45) is -11.0. The largest absolute Gasteiger partial charge is 0.464 e. The fraction of sp³-hybridized carbons (Fsp3) is 0.857. The summed E-state index contributed by atoms with van der Waals surface area (Å²) in [5.74, 6) is -0.781. The van der Waals surface area contributed by atoms with Crippen LogP contribution in [0.5, 0.6) is 0 Å². The fourth-order valence-electron chi connectivity index (χ4n) is 1.27. The lowest BCUT2D eigenvalue weighted by Crippen LogP contribution is -2.51. The van der Waals surface area contributed by atoms with Crippen molar-refractivity contribution in [3.05, 3.63) is 0 Å². The molecule has 1 unspecified atom stereocenters. The highest BCUT2D eigenvalue weighted by Crippen LogP contribution is 2.51. The van der Waals surface area contributed by atoms with Gasteiger partial charge in [0.05, 0.1) is 6.54 Å². The number of alkyl halides is 6. The van der Waals surface area contributed by atoms with Crippen molar-refractivity contribution in [2.45, 2.75) is 24.9 Å². The van der Waals surface area contributed by atoms with Crippen LogP contribution in [0.1, 0.15) is 6.92 Å². The fourth-order valence-corrected chi connectivity index (χ4v) is 1.27. The molecular formula is C7H8F6N2O2. The van der Waals surface area contributed by atoms with E-state index in [0.717, 1.165) is 6.92 Å². The Hall–Kier alpha value is -1.03. The normalized spacial score (nSPS) is 23.4. The first-order chi connectivity index (χ1) is 7.52. The number of hydrazine groups is 1. The molecule has 1 heterocycles. The van der Waals surface area contributed by atoms with Crippen molar-refractivity contribution in [3.8, 4) is 0 Å². The summed E-state index contributed by atoms with van der Waals surface area (Å²) >= 11 is 0. The zero-order valence-corrected chi connectivity index (χ0v) is 8.45. The van der Waals surface area contributed by atoms with Gasteiger partial charge in [-0.15, -0.1) is 0 Å². The highest BCUT2D eigenvalue weighted by atomic mass is 19.4. The molecule has 0 aliphatic carbocycles. The van der Waals surface area contributed by atoms with Gasteiger partial charge in [-0.25, -0.2) is 10.4 Å². The van der Waals surface area contributed by atoms with Crippen LogP contribution in [0.2, 0.25) is 0 Å². The lowest BCUT2D eigenvalue weighted by atomic mass is 10.2. The zero-order valence-electron chi connectivity index (χ0n) is 8.45. The molecule has 0 spiro atoms. The van der Waals surface area contributed by atoms with Crippen LogP contribution in [0, 0.1) is 0 Å². The smallest absolute Gasteiger partial charge is 0.431 e. The van der Waals surface area contributed by atoms with E-state index in [-0.39, 0.29) is 5.01 Å². The summed E-state index contributed by atoms with van der Waals surface area (Å²) in [7, 11) is 0. The minimum atomic E-state index is -5.50. The van der Waals surface area contributed by atoms with Gasteiger partial charge < -0.3 is 4.74 Å². The molecule has 4 nitrogen and oxygen atoms in total. The van der Waals surface area contributed by atoms with Crippen molar-refractivity contribution < 1.29 is 35.9 Å². The van der Waals surface area contributed by atoms with Crippen molar-refractivity contribution in [1.29, 1.82) is 0 Å². The van der Waals surface area contributed by atoms with E-state index in [0.29, 0.717) is 0 Å². The molecule has 1 aliphatic heterocycles. The molecule has 1 aliphatic rings. The first kappa shape index (κ1) is 14.0. The average molecular weight is 266 g/mol. The molecule has 17 heavy (non-hydrogen) atoms. The van der Waals surface area contributed by atoms with Crippen molar-refractivity contribution in [2.24, 2.45) is 0 Å². The van der Waals surface area contributed by atoms with E-state index < -0.39 is 37.1 Å². The van der Waals surface area contributed by atoms with Crippen LogP contribution in [0.25, 0.3) is 0 Å². The van der Waals surface area contributed by atoms with Gasteiger partial charge in [0.15, 0.2) is 0 Å². The van der Waals surface area contributed by atoms with E-state index in [1.165, 1.54) is 5.43 Å². The predicted octanol–water partition coefficient (Wildman–Crippen LogP) is 1.19. The molecule has 0 aromatic rings. The summed E-state index contributed by atoms with van der Waals surface area (Å²) in [6, 6.07) is 0. The van der Waals surface area contributed by atoms with Crippen molar-refractivity contribution in [3.63, 3.8) is 0 Å². The Morgan fingerprint density at radius 1 is 1.24 bits per heavy atom. The lowest BCUT2D eigenvalue weighted by molar-refractivity contribution is -0.280. The third kappa shape index (κ3) is 2.46. The SMILES string of the molecule is CC(=O)OCCN1NC1(C(F)(F)F)C(F)(F)F. The van der Waals surface area contributed by atoms with E-state index in [2.05, 4.69) is 4.74 Å². The van der Waals surface area contributed by atoms with Crippen LogP contribution in [-0.4, -0.2) is 42.1 Å². The third-order valence-electron chi connectivity index (χ3n) is 2.09. The highest BCUT2D eigenvalue weighted by molar-refractivity contribution is 5.65. The molecule has 0 aromatic carbocycles. The standard InChI is InChI=1S/C7H8F6N2O2/c1-4(16)17-3-2-15-5(14-15,6(8,9)10)7(11,12)13/h14H,2-3H2,1H3. The number of carbonyl (C=O) groups is 1. The second-order valence-corrected chi connectivity index (χ2v) is 3.31. The third-order valence-corrected chi connectivity index (χ3v) is 2.09. The van der Waals surface area contributed by atoms with Crippen molar-refractivity contribution >= 4 is 5.97 Å². The van der Waals surface area contributed by atoms with E-state index in [1.54, 1.807) is 0 Å². The number of esters is 1. The van der Waals surface area contributed by atoms with Crippen LogP contribution in [0.4, 0.5) is 26.3 Å². The molecule has 10 heteroatoms. The number of hydrogen-bond donors (Lipinski definition) is 1. The van der Waals surface area contributed by atoms with Crippen molar-refractivity contribution in [1.82, 2.24) is 10.4 Å². The number of carbonyl (C=O) groups excluding carboxylic acids is 1. The summed E-state index contributed by atoms with van der Waals surface area (Å²) in [6.45, 7) is -0.273. The monoisotopic (exact) mass is 266 g/mol. The quantitative estimate of drug-likeness (QED) is 0.473. The van der Waals surface area contributed by atoms with Crippen LogP contribution in [0.3, 0.4) is 0 Å². The molecular weight excluding hydrogens is 258 g/mol. The van der Waals surface area contributed by atoms with E-state index in [4.69, 9.17) is 0 Å². The van der Waals surface area contributed by atoms with E-state index in [1.807, 2.05) is 0 Å². The Kier molecular flexibility index (Phi) is 3.32. The molecule has 0 saturated carbocycles. The molecule has 0 bridgehead atoms. The maximum Gasteiger partial charge on any atom is 0.431 e. The number of halogens is 6. The first-order valence-electron chi connectivity index (χ1n) is 4.34. The number of nitrogens with zero attached hydrogens (tertiary/aromatic N) is 1. The van der Waals surface area contributed by atoms with Gasteiger partial charge >= 0.3 is 18.3 Å². The number of nitrogens with one attached hydrogen (secondary N) is 1. The minimum absolute atomic E-state index is 0.0596. The van der Waals surface area contributed by atoms with E-state index in [9.17, 15) is 31.1 Å². The van der Waals surface area contributed by atoms with Gasteiger partial charge in [0, 0.05) is 6.92 Å². The Morgan fingerprint density at radius 2 is 1.71 bits per heavy atom. The summed E-state index contributed by atoms with van der Waals surface area (Å²) < 4.78 is 78.0. The van der Waals surface area contributed by atoms with Crippen LogP contribution < -0.4 is 5.43 Å². The van der Waals surface area contributed by atoms with Gasteiger partial charge in [0.2, 0.25) is 0 Å². The van der Waals surface area contributed by atoms with Crippen LogP contribution >= 0.6 is 0 Å². The molecule has 1 fully saturated rings. The number of rotatable bonds is 3. The van der Waals surface area contributed by atoms with E-state index >= 15 is 0 Å². The lowest BCUT2D eigenvalue weighted by Gasteiger charge is -2.21. The number of hydrogen-bond acceptors (Lipinski definition) is 4. The Morgan fingerprint density at radius 3 is 2.00 bits per heavy atom. The zero-order chi connectivity index (χ0) is 13.5. The Labute approximate surface area is 91.5 Å². The second kappa shape index (κ2) is 4.02. The predicted molar refractivity (Wildman–Crippen MR) is 41.3 cm³/mol. The van der Waals surface area contributed by atoms with Gasteiger partial charge in [-0.3, -0.25) is 4.79 Å². The summed E-state index contributed by atoms with van der Waals surface area (Å²) in [5.41, 5.74) is -2.80. The van der Waals surface area contributed by atoms with Crippen molar-refractivity contribution in [2.75, 3.05) is 13.2 Å². The first-order valence-corrected chi connectivity index (χ1v) is 4.34. The van der Waals surface area contributed by atoms with Crippen LogP contribution in [-0.2, 0) is 9.53 Å². The maximum atomic E-state index is 12.3. The molecule has 1 rings (SSSR count). The minimum Gasteiger partial charge on any atom is -0.464 e. The topological polar surface area (TPSA) is 51.2 Å². The average Bonchev–Trinajstić information content (AvgIpc) is 2.76. The van der Waals surface area contributed by atoms with Gasteiger partial charge in [-0.1, -0.05) is 0 Å².